The summed E-state index contributed by atoms with van der Waals surface area (Å²) in [5.41, 5.74) is 0. The number of hydrogen-bond donors (Lipinski definition) is 2. The smallest absolute Gasteiger partial charge is 0.287 e. The first kappa shape index (κ1) is 11.1. The molecule has 0 fully saturated rings. The first-order valence-corrected chi connectivity index (χ1v) is 4.80. The molecule has 0 saturated heterocycles. The SMILES string of the molecule is CNCCCNC(=O)c1ccc(Cl)o1. The van der Waals surface area contributed by atoms with Crippen molar-refractivity contribution in [3.63, 3.8) is 0 Å². The van der Waals surface area contributed by atoms with Gasteiger partial charge in [0.25, 0.3) is 5.91 Å². The summed E-state index contributed by atoms with van der Waals surface area (Å²) >= 11 is 5.53. The zero-order valence-electron chi connectivity index (χ0n) is 7.97. The van der Waals surface area contributed by atoms with Gasteiger partial charge in [0.1, 0.15) is 0 Å². The molecule has 0 aromatic carbocycles. The van der Waals surface area contributed by atoms with E-state index >= 15 is 0 Å². The number of amides is 1. The molecular formula is C9H13ClN2O2. The summed E-state index contributed by atoms with van der Waals surface area (Å²) < 4.78 is 4.94. The van der Waals surface area contributed by atoms with Gasteiger partial charge in [0.2, 0.25) is 0 Å². The van der Waals surface area contributed by atoms with E-state index in [1.165, 1.54) is 0 Å². The van der Waals surface area contributed by atoms with E-state index < -0.39 is 0 Å². The molecule has 4 nitrogen and oxygen atoms in total. The van der Waals surface area contributed by atoms with Crippen LogP contribution in [0.25, 0.3) is 0 Å². The van der Waals surface area contributed by atoms with E-state index in [2.05, 4.69) is 10.6 Å². The molecule has 0 aliphatic rings. The number of hydrogen-bond acceptors (Lipinski definition) is 3. The van der Waals surface area contributed by atoms with E-state index in [9.17, 15) is 4.79 Å². The van der Waals surface area contributed by atoms with Crippen molar-refractivity contribution in [2.45, 2.75) is 6.42 Å². The van der Waals surface area contributed by atoms with Crippen molar-refractivity contribution in [3.05, 3.63) is 23.1 Å². The lowest BCUT2D eigenvalue weighted by molar-refractivity contribution is 0.0925. The lowest BCUT2D eigenvalue weighted by atomic mass is 10.4. The molecule has 0 radical (unpaired) electrons. The van der Waals surface area contributed by atoms with Gasteiger partial charge in [-0.1, -0.05) is 0 Å². The van der Waals surface area contributed by atoms with Gasteiger partial charge in [-0.15, -0.1) is 0 Å². The van der Waals surface area contributed by atoms with Crippen LogP contribution in [0.4, 0.5) is 0 Å². The van der Waals surface area contributed by atoms with Crippen molar-refractivity contribution in [2.75, 3.05) is 20.1 Å². The summed E-state index contributed by atoms with van der Waals surface area (Å²) in [5.74, 6) is 0.0208. The number of furan rings is 1. The van der Waals surface area contributed by atoms with Gasteiger partial charge in [-0.3, -0.25) is 4.79 Å². The molecule has 0 saturated carbocycles. The Labute approximate surface area is 87.6 Å². The highest BCUT2D eigenvalue weighted by molar-refractivity contribution is 6.29. The molecule has 0 aliphatic carbocycles. The fourth-order valence-corrected chi connectivity index (χ4v) is 1.14. The summed E-state index contributed by atoms with van der Waals surface area (Å²) in [6, 6.07) is 3.10. The lowest BCUT2D eigenvalue weighted by Crippen LogP contribution is -2.26. The van der Waals surface area contributed by atoms with Crippen molar-refractivity contribution in [2.24, 2.45) is 0 Å². The van der Waals surface area contributed by atoms with Gasteiger partial charge >= 0.3 is 0 Å². The molecule has 0 bridgehead atoms. The third kappa shape index (κ3) is 3.40. The Kier molecular flexibility index (Phi) is 4.49. The molecule has 2 N–H and O–H groups in total. The van der Waals surface area contributed by atoms with Crippen LogP contribution in [-0.2, 0) is 0 Å². The molecule has 1 aromatic rings. The Morgan fingerprint density at radius 2 is 2.29 bits per heavy atom. The van der Waals surface area contributed by atoms with Crippen LogP contribution in [0.5, 0.6) is 0 Å². The molecule has 0 spiro atoms. The second kappa shape index (κ2) is 5.67. The van der Waals surface area contributed by atoms with Crippen LogP contribution >= 0.6 is 11.6 Å². The average molecular weight is 217 g/mol. The molecule has 1 rings (SSSR count). The molecule has 0 atom stereocenters. The predicted octanol–water partition coefficient (Wildman–Crippen LogP) is 1.27. The minimum atomic E-state index is -0.229. The molecule has 78 valence electrons. The van der Waals surface area contributed by atoms with Gasteiger partial charge in [-0.25, -0.2) is 0 Å². The van der Waals surface area contributed by atoms with E-state index in [1.807, 2.05) is 7.05 Å². The Hall–Kier alpha value is -1.00. The summed E-state index contributed by atoms with van der Waals surface area (Å²) in [5, 5.41) is 5.93. The number of nitrogens with one attached hydrogen (secondary N) is 2. The largest absolute Gasteiger partial charge is 0.440 e. The maximum absolute atomic E-state index is 11.3. The van der Waals surface area contributed by atoms with Crippen LogP contribution in [0.2, 0.25) is 5.22 Å². The van der Waals surface area contributed by atoms with Gasteiger partial charge < -0.3 is 15.1 Å². The minimum Gasteiger partial charge on any atom is -0.440 e. The second-order valence-electron chi connectivity index (χ2n) is 2.82. The van der Waals surface area contributed by atoms with Crippen molar-refractivity contribution >= 4 is 17.5 Å². The van der Waals surface area contributed by atoms with E-state index in [4.69, 9.17) is 16.0 Å². The van der Waals surface area contributed by atoms with Crippen LogP contribution in [0.15, 0.2) is 16.5 Å². The summed E-state index contributed by atoms with van der Waals surface area (Å²) in [6.07, 6.45) is 0.886. The number of halogens is 1. The Morgan fingerprint density at radius 3 is 2.86 bits per heavy atom. The highest BCUT2D eigenvalue weighted by Crippen LogP contribution is 2.12. The van der Waals surface area contributed by atoms with Crippen molar-refractivity contribution in [1.29, 1.82) is 0 Å². The Balaban J connectivity index is 2.29. The molecule has 0 unspecified atom stereocenters. The highest BCUT2D eigenvalue weighted by Gasteiger charge is 2.08. The minimum absolute atomic E-state index is 0.227. The first-order valence-electron chi connectivity index (χ1n) is 4.42. The normalized spacial score (nSPS) is 10.1. The van der Waals surface area contributed by atoms with Crippen molar-refractivity contribution < 1.29 is 9.21 Å². The van der Waals surface area contributed by atoms with Gasteiger partial charge in [0.15, 0.2) is 11.0 Å². The average Bonchev–Trinajstić information content (AvgIpc) is 2.59. The summed E-state index contributed by atoms with van der Waals surface area (Å²) in [6.45, 7) is 1.50. The molecule has 1 aromatic heterocycles. The maximum atomic E-state index is 11.3. The number of carbonyl (C=O) groups excluding carboxylic acids is 1. The fraction of sp³-hybridized carbons (Fsp3) is 0.444. The van der Waals surface area contributed by atoms with Gasteiger partial charge in [-0.2, -0.15) is 0 Å². The van der Waals surface area contributed by atoms with Crippen molar-refractivity contribution in [1.82, 2.24) is 10.6 Å². The zero-order chi connectivity index (χ0) is 10.4. The van der Waals surface area contributed by atoms with E-state index in [0.717, 1.165) is 13.0 Å². The van der Waals surface area contributed by atoms with E-state index in [0.29, 0.717) is 6.54 Å². The van der Waals surface area contributed by atoms with E-state index in [1.54, 1.807) is 12.1 Å². The number of rotatable bonds is 5. The quantitative estimate of drug-likeness (QED) is 0.729. The van der Waals surface area contributed by atoms with Crippen LogP contribution < -0.4 is 10.6 Å². The molecular weight excluding hydrogens is 204 g/mol. The third-order valence-corrected chi connectivity index (χ3v) is 1.89. The Morgan fingerprint density at radius 1 is 1.50 bits per heavy atom. The second-order valence-corrected chi connectivity index (χ2v) is 3.19. The first-order chi connectivity index (χ1) is 6.74. The molecule has 14 heavy (non-hydrogen) atoms. The molecule has 0 aliphatic heterocycles. The standard InChI is InChI=1S/C9H13ClN2O2/c1-11-5-2-6-12-9(13)7-3-4-8(10)14-7/h3-4,11H,2,5-6H2,1H3,(H,12,13). The molecule has 5 heteroatoms. The van der Waals surface area contributed by atoms with Gasteiger partial charge in [0, 0.05) is 6.54 Å². The monoisotopic (exact) mass is 216 g/mol. The highest BCUT2D eigenvalue weighted by atomic mass is 35.5. The van der Waals surface area contributed by atoms with Crippen LogP contribution in [0, 0.1) is 0 Å². The lowest BCUT2D eigenvalue weighted by Gasteiger charge is -2.01. The fourth-order valence-electron chi connectivity index (χ4n) is 0.991. The zero-order valence-corrected chi connectivity index (χ0v) is 8.73. The van der Waals surface area contributed by atoms with Crippen LogP contribution in [0.1, 0.15) is 17.0 Å². The molecule has 1 amide bonds. The van der Waals surface area contributed by atoms with E-state index in [-0.39, 0.29) is 16.9 Å². The molecule has 1 heterocycles. The number of carbonyl (C=O) groups is 1. The van der Waals surface area contributed by atoms with Gasteiger partial charge in [0.05, 0.1) is 0 Å². The Bertz CT molecular complexity index is 299. The van der Waals surface area contributed by atoms with Crippen molar-refractivity contribution in [3.8, 4) is 0 Å². The summed E-state index contributed by atoms with van der Waals surface area (Å²) in [7, 11) is 1.87. The van der Waals surface area contributed by atoms with Crippen LogP contribution in [0.3, 0.4) is 0 Å². The topological polar surface area (TPSA) is 54.3 Å². The van der Waals surface area contributed by atoms with Gasteiger partial charge in [-0.05, 0) is 43.7 Å². The third-order valence-electron chi connectivity index (χ3n) is 1.69. The predicted molar refractivity (Wildman–Crippen MR) is 54.6 cm³/mol. The van der Waals surface area contributed by atoms with Crippen LogP contribution in [-0.4, -0.2) is 26.0 Å². The summed E-state index contributed by atoms with van der Waals surface area (Å²) in [4.78, 5) is 11.3. The maximum Gasteiger partial charge on any atom is 0.287 e.